The lowest BCUT2D eigenvalue weighted by Crippen LogP contribution is -2.49. The topological polar surface area (TPSA) is 66.4 Å². The Hall–Kier alpha value is -2.84. The predicted molar refractivity (Wildman–Crippen MR) is 114 cm³/mol. The Morgan fingerprint density at radius 2 is 1.60 bits per heavy atom. The molecule has 30 heavy (non-hydrogen) atoms. The maximum atomic E-state index is 13.2. The third kappa shape index (κ3) is 4.06. The summed E-state index contributed by atoms with van der Waals surface area (Å²) in [5.41, 5.74) is 3.18. The first-order valence-electron chi connectivity index (χ1n) is 9.75. The van der Waals surface area contributed by atoms with Crippen LogP contribution in [0.1, 0.15) is 11.1 Å². The van der Waals surface area contributed by atoms with E-state index in [1.807, 2.05) is 36.9 Å². The molecule has 6 nitrogen and oxygen atoms in total. The molecule has 0 unspecified atom stereocenters. The zero-order valence-corrected chi connectivity index (χ0v) is 17.7. The van der Waals surface area contributed by atoms with Gasteiger partial charge in [0.15, 0.2) is 0 Å². The van der Waals surface area contributed by atoms with E-state index < -0.39 is 10.0 Å². The van der Waals surface area contributed by atoms with Gasteiger partial charge in [0.1, 0.15) is 18.0 Å². The monoisotopic (exact) mass is 426 g/mol. The molecule has 0 spiro atoms. The molecular weight excluding hydrogens is 403 g/mol. The molecule has 2 aromatic carbocycles. The van der Waals surface area contributed by atoms with Crippen LogP contribution < -0.4 is 4.90 Å². The molecule has 0 N–H and O–H groups in total. The zero-order valence-electron chi connectivity index (χ0n) is 16.9. The van der Waals surface area contributed by atoms with Crippen molar-refractivity contribution in [2.75, 3.05) is 31.1 Å². The van der Waals surface area contributed by atoms with Crippen molar-refractivity contribution in [1.29, 1.82) is 0 Å². The van der Waals surface area contributed by atoms with Crippen LogP contribution >= 0.6 is 0 Å². The summed E-state index contributed by atoms with van der Waals surface area (Å²) in [5.74, 6) is 0.433. The lowest BCUT2D eigenvalue weighted by molar-refractivity contribution is 0.383. The van der Waals surface area contributed by atoms with Gasteiger partial charge in [0.05, 0.1) is 10.6 Å². The highest BCUT2D eigenvalue weighted by molar-refractivity contribution is 7.89. The van der Waals surface area contributed by atoms with Gasteiger partial charge >= 0.3 is 0 Å². The molecule has 156 valence electrons. The maximum absolute atomic E-state index is 13.2. The van der Waals surface area contributed by atoms with Crippen LogP contribution in [0.5, 0.6) is 0 Å². The van der Waals surface area contributed by atoms with Crippen LogP contribution in [0, 0.1) is 19.7 Å². The number of anilines is 1. The summed E-state index contributed by atoms with van der Waals surface area (Å²) in [6.07, 6.45) is 1.48. The molecular formula is C22H23FN4O2S. The smallest absolute Gasteiger partial charge is 0.243 e. The molecule has 4 rings (SSSR count). The molecule has 2 heterocycles. The quantitative estimate of drug-likeness (QED) is 0.640. The number of rotatable bonds is 4. The fourth-order valence-corrected chi connectivity index (χ4v) is 5.31. The SMILES string of the molecule is Cc1ccc(C)c(S(=O)(=O)N2CCN(c3cc(-c4ccc(F)cc4)ncn3)CC2)c1. The largest absolute Gasteiger partial charge is 0.354 e. The number of halogens is 1. The van der Waals surface area contributed by atoms with Crippen molar-refractivity contribution in [1.82, 2.24) is 14.3 Å². The normalized spacial score (nSPS) is 15.4. The highest BCUT2D eigenvalue weighted by Crippen LogP contribution is 2.25. The van der Waals surface area contributed by atoms with Crippen LogP contribution in [-0.2, 0) is 10.0 Å². The van der Waals surface area contributed by atoms with Gasteiger partial charge in [-0.3, -0.25) is 0 Å². The second kappa shape index (κ2) is 8.12. The fourth-order valence-electron chi connectivity index (χ4n) is 3.58. The molecule has 0 radical (unpaired) electrons. The van der Waals surface area contributed by atoms with E-state index in [9.17, 15) is 12.8 Å². The van der Waals surface area contributed by atoms with E-state index in [0.29, 0.717) is 36.8 Å². The summed E-state index contributed by atoms with van der Waals surface area (Å²) >= 11 is 0. The van der Waals surface area contributed by atoms with Crippen molar-refractivity contribution in [2.45, 2.75) is 18.7 Å². The van der Waals surface area contributed by atoms with E-state index in [1.165, 1.54) is 22.8 Å². The highest BCUT2D eigenvalue weighted by Gasteiger charge is 2.30. The molecule has 0 saturated carbocycles. The van der Waals surface area contributed by atoms with Crippen molar-refractivity contribution < 1.29 is 12.8 Å². The van der Waals surface area contributed by atoms with Crippen LogP contribution in [0.15, 0.2) is 59.8 Å². The van der Waals surface area contributed by atoms with E-state index in [2.05, 4.69) is 9.97 Å². The van der Waals surface area contributed by atoms with Crippen molar-refractivity contribution in [3.63, 3.8) is 0 Å². The Morgan fingerprint density at radius 3 is 2.30 bits per heavy atom. The van der Waals surface area contributed by atoms with Gasteiger partial charge in [-0.05, 0) is 55.3 Å². The molecule has 1 aliphatic rings. The molecule has 1 fully saturated rings. The van der Waals surface area contributed by atoms with Gasteiger partial charge < -0.3 is 4.90 Å². The molecule has 0 amide bonds. The van der Waals surface area contributed by atoms with Crippen molar-refractivity contribution in [2.24, 2.45) is 0 Å². The first-order chi connectivity index (χ1) is 14.3. The summed E-state index contributed by atoms with van der Waals surface area (Å²) in [6.45, 7) is 5.54. The van der Waals surface area contributed by atoms with Gasteiger partial charge in [-0.15, -0.1) is 0 Å². The Morgan fingerprint density at radius 1 is 0.900 bits per heavy atom. The van der Waals surface area contributed by atoms with Crippen LogP contribution in [0.2, 0.25) is 0 Å². The number of nitrogens with zero attached hydrogens (tertiary/aromatic N) is 4. The van der Waals surface area contributed by atoms with Gasteiger partial charge in [0, 0.05) is 37.8 Å². The molecule has 0 bridgehead atoms. The minimum Gasteiger partial charge on any atom is -0.354 e. The molecule has 1 saturated heterocycles. The average Bonchev–Trinajstić information content (AvgIpc) is 2.76. The van der Waals surface area contributed by atoms with E-state index >= 15 is 0 Å². The van der Waals surface area contributed by atoms with Gasteiger partial charge in [0.25, 0.3) is 0 Å². The molecule has 1 aromatic heterocycles. The number of hydrogen-bond acceptors (Lipinski definition) is 5. The summed E-state index contributed by atoms with van der Waals surface area (Å²) in [4.78, 5) is 11.0. The lowest BCUT2D eigenvalue weighted by atomic mass is 10.1. The summed E-state index contributed by atoms with van der Waals surface area (Å²) in [6, 6.07) is 13.5. The number of hydrogen-bond donors (Lipinski definition) is 0. The number of piperazine rings is 1. The van der Waals surface area contributed by atoms with Crippen molar-refractivity contribution >= 4 is 15.8 Å². The standard InChI is InChI=1S/C22H23FN4O2S/c1-16-3-4-17(2)21(13-16)30(28,29)27-11-9-26(10-12-27)22-14-20(24-15-25-22)18-5-7-19(23)8-6-18/h3-8,13-15H,9-12H2,1-2H3. The third-order valence-electron chi connectivity index (χ3n) is 5.32. The number of benzene rings is 2. The zero-order chi connectivity index (χ0) is 21.3. The summed E-state index contributed by atoms with van der Waals surface area (Å²) in [5, 5.41) is 0. The minimum absolute atomic E-state index is 0.297. The van der Waals surface area contributed by atoms with Crippen molar-refractivity contribution in [3.05, 3.63) is 71.8 Å². The third-order valence-corrected chi connectivity index (χ3v) is 7.36. The molecule has 3 aromatic rings. The highest BCUT2D eigenvalue weighted by atomic mass is 32.2. The number of sulfonamides is 1. The van der Waals surface area contributed by atoms with Gasteiger partial charge in [-0.1, -0.05) is 12.1 Å². The predicted octanol–water partition coefficient (Wildman–Crippen LogP) is 3.41. The van der Waals surface area contributed by atoms with Crippen LogP contribution in [0.25, 0.3) is 11.3 Å². The minimum atomic E-state index is -3.54. The fraction of sp³-hybridized carbons (Fsp3) is 0.273. The van der Waals surface area contributed by atoms with E-state index in [1.54, 1.807) is 18.2 Å². The average molecular weight is 427 g/mol. The van der Waals surface area contributed by atoms with Crippen LogP contribution in [-0.4, -0.2) is 48.9 Å². The lowest BCUT2D eigenvalue weighted by Gasteiger charge is -2.35. The number of aromatic nitrogens is 2. The van der Waals surface area contributed by atoms with E-state index in [-0.39, 0.29) is 5.82 Å². The Balaban J connectivity index is 1.50. The summed E-state index contributed by atoms with van der Waals surface area (Å²) in [7, 11) is -3.54. The Kier molecular flexibility index (Phi) is 5.53. The molecule has 0 aliphatic carbocycles. The van der Waals surface area contributed by atoms with Crippen LogP contribution in [0.4, 0.5) is 10.2 Å². The van der Waals surface area contributed by atoms with Gasteiger partial charge in [0.2, 0.25) is 10.0 Å². The van der Waals surface area contributed by atoms with Gasteiger partial charge in [-0.25, -0.2) is 22.8 Å². The summed E-state index contributed by atoms with van der Waals surface area (Å²) < 4.78 is 41.0. The van der Waals surface area contributed by atoms with Gasteiger partial charge in [-0.2, -0.15) is 4.31 Å². The Labute approximate surface area is 176 Å². The molecule has 8 heteroatoms. The second-order valence-electron chi connectivity index (χ2n) is 7.43. The number of aryl methyl sites for hydroxylation is 2. The first kappa shape index (κ1) is 20.4. The molecule has 1 aliphatic heterocycles. The van der Waals surface area contributed by atoms with E-state index in [4.69, 9.17) is 0 Å². The van der Waals surface area contributed by atoms with Crippen molar-refractivity contribution in [3.8, 4) is 11.3 Å². The van der Waals surface area contributed by atoms with E-state index in [0.717, 1.165) is 22.5 Å². The maximum Gasteiger partial charge on any atom is 0.243 e. The second-order valence-corrected chi connectivity index (χ2v) is 9.33. The molecule has 0 atom stereocenters. The Bertz CT molecular complexity index is 1160. The van der Waals surface area contributed by atoms with Crippen LogP contribution in [0.3, 0.4) is 0 Å². The first-order valence-corrected chi connectivity index (χ1v) is 11.2.